The summed E-state index contributed by atoms with van der Waals surface area (Å²) >= 11 is 0. The van der Waals surface area contributed by atoms with Crippen molar-refractivity contribution < 1.29 is 9.53 Å². The first-order valence-electron chi connectivity index (χ1n) is 6.64. The Kier molecular flexibility index (Phi) is 5.99. The van der Waals surface area contributed by atoms with E-state index in [9.17, 15) is 4.79 Å². The van der Waals surface area contributed by atoms with E-state index in [1.807, 2.05) is 45.0 Å². The molecule has 0 aliphatic rings. The molecule has 3 N–H and O–H groups in total. The Morgan fingerprint density at radius 1 is 1.32 bits per heavy atom. The van der Waals surface area contributed by atoms with Crippen LogP contribution >= 0.6 is 0 Å². The highest BCUT2D eigenvalue weighted by Crippen LogP contribution is 2.14. The Hall–Kier alpha value is -1.39. The predicted octanol–water partition coefficient (Wildman–Crippen LogP) is 1.82. The molecule has 1 aromatic rings. The van der Waals surface area contributed by atoms with Crippen LogP contribution < -0.4 is 11.1 Å². The average molecular weight is 264 g/mol. The van der Waals surface area contributed by atoms with Gasteiger partial charge in [-0.05, 0) is 31.9 Å². The van der Waals surface area contributed by atoms with Crippen LogP contribution in [0, 0.1) is 5.41 Å². The highest BCUT2D eigenvalue weighted by atomic mass is 16.5. The number of benzene rings is 1. The molecule has 0 saturated heterocycles. The minimum absolute atomic E-state index is 0.0267. The molecule has 106 valence electrons. The number of nitrogens with two attached hydrogens (primary N) is 1. The summed E-state index contributed by atoms with van der Waals surface area (Å²) in [6.45, 7) is 7.74. The molecule has 0 unspecified atom stereocenters. The van der Waals surface area contributed by atoms with E-state index in [-0.39, 0.29) is 5.91 Å². The van der Waals surface area contributed by atoms with Crippen LogP contribution in [-0.4, -0.2) is 19.1 Å². The first-order chi connectivity index (χ1) is 9.01. The van der Waals surface area contributed by atoms with Crippen molar-refractivity contribution in [2.75, 3.05) is 13.2 Å². The fourth-order valence-electron chi connectivity index (χ4n) is 1.59. The molecule has 0 bridgehead atoms. The second-order valence-corrected chi connectivity index (χ2v) is 5.18. The molecule has 0 aromatic heterocycles. The van der Waals surface area contributed by atoms with Crippen molar-refractivity contribution in [2.24, 2.45) is 11.1 Å². The van der Waals surface area contributed by atoms with Crippen LogP contribution in [0.25, 0.3) is 0 Å². The molecular weight excluding hydrogens is 240 g/mol. The molecule has 0 saturated carbocycles. The molecule has 0 fully saturated rings. The van der Waals surface area contributed by atoms with Crippen molar-refractivity contribution in [3.8, 4) is 0 Å². The topological polar surface area (TPSA) is 64.3 Å². The average Bonchev–Trinajstić information content (AvgIpc) is 2.43. The molecule has 4 nitrogen and oxygen atoms in total. The Morgan fingerprint density at radius 2 is 1.95 bits per heavy atom. The summed E-state index contributed by atoms with van der Waals surface area (Å²) in [6.07, 6.45) is 0. The quantitative estimate of drug-likeness (QED) is 0.789. The number of hydrogen-bond donors (Lipinski definition) is 2. The second kappa shape index (κ2) is 7.26. The van der Waals surface area contributed by atoms with Gasteiger partial charge >= 0.3 is 0 Å². The predicted molar refractivity (Wildman–Crippen MR) is 76.5 cm³/mol. The van der Waals surface area contributed by atoms with E-state index in [0.717, 1.165) is 11.1 Å². The van der Waals surface area contributed by atoms with Crippen molar-refractivity contribution in [1.82, 2.24) is 5.32 Å². The van der Waals surface area contributed by atoms with Gasteiger partial charge in [-0.3, -0.25) is 4.79 Å². The third kappa shape index (κ3) is 4.65. The largest absolute Gasteiger partial charge is 0.377 e. The van der Waals surface area contributed by atoms with E-state index in [1.165, 1.54) is 0 Å². The lowest BCUT2D eigenvalue weighted by molar-refractivity contribution is -0.129. The van der Waals surface area contributed by atoms with Crippen molar-refractivity contribution in [1.29, 1.82) is 0 Å². The molecular formula is C15H24N2O2. The van der Waals surface area contributed by atoms with E-state index < -0.39 is 5.41 Å². The molecule has 19 heavy (non-hydrogen) atoms. The van der Waals surface area contributed by atoms with E-state index >= 15 is 0 Å². The van der Waals surface area contributed by atoms with E-state index in [1.54, 1.807) is 0 Å². The summed E-state index contributed by atoms with van der Waals surface area (Å²) in [5.41, 5.74) is 7.25. The fraction of sp³-hybridized carbons (Fsp3) is 0.533. The van der Waals surface area contributed by atoms with Gasteiger partial charge in [0.25, 0.3) is 0 Å². The van der Waals surface area contributed by atoms with E-state index in [2.05, 4.69) is 5.32 Å². The molecule has 0 radical (unpaired) electrons. The molecule has 0 heterocycles. The lowest BCUT2D eigenvalue weighted by Crippen LogP contribution is -2.41. The van der Waals surface area contributed by atoms with Crippen LogP contribution in [0.15, 0.2) is 24.3 Å². The zero-order chi connectivity index (χ0) is 14.3. The second-order valence-electron chi connectivity index (χ2n) is 5.18. The Labute approximate surface area is 115 Å². The number of ether oxygens (including phenoxy) is 1. The summed E-state index contributed by atoms with van der Waals surface area (Å²) in [5.74, 6) is -0.0267. The third-order valence-electron chi connectivity index (χ3n) is 3.14. The number of amides is 1. The van der Waals surface area contributed by atoms with Gasteiger partial charge in [0, 0.05) is 19.7 Å². The van der Waals surface area contributed by atoms with Crippen LogP contribution in [0.2, 0.25) is 0 Å². The maximum atomic E-state index is 12.0. The van der Waals surface area contributed by atoms with Crippen molar-refractivity contribution in [2.45, 2.75) is 33.9 Å². The van der Waals surface area contributed by atoms with Gasteiger partial charge in [0.2, 0.25) is 5.91 Å². The van der Waals surface area contributed by atoms with Crippen molar-refractivity contribution in [3.05, 3.63) is 35.4 Å². The maximum Gasteiger partial charge on any atom is 0.227 e. The van der Waals surface area contributed by atoms with Gasteiger partial charge in [-0.15, -0.1) is 0 Å². The summed E-state index contributed by atoms with van der Waals surface area (Å²) in [6, 6.07) is 7.96. The normalized spacial score (nSPS) is 11.4. The number of carbonyl (C=O) groups is 1. The van der Waals surface area contributed by atoms with Gasteiger partial charge in [-0.25, -0.2) is 0 Å². The summed E-state index contributed by atoms with van der Waals surface area (Å²) < 4.78 is 5.42. The summed E-state index contributed by atoms with van der Waals surface area (Å²) in [5, 5.41) is 2.93. The van der Waals surface area contributed by atoms with Crippen molar-refractivity contribution >= 4 is 5.91 Å². The fourth-order valence-corrected chi connectivity index (χ4v) is 1.59. The van der Waals surface area contributed by atoms with Gasteiger partial charge in [-0.1, -0.05) is 24.3 Å². The van der Waals surface area contributed by atoms with Gasteiger partial charge in [0.1, 0.15) is 0 Å². The molecule has 0 spiro atoms. The zero-order valence-corrected chi connectivity index (χ0v) is 12.0. The minimum atomic E-state index is -0.533. The molecule has 0 aliphatic heterocycles. The third-order valence-corrected chi connectivity index (χ3v) is 3.14. The SMILES string of the molecule is CCOCc1ccccc1CNC(=O)C(C)(C)CN. The van der Waals surface area contributed by atoms with Crippen LogP contribution in [0.4, 0.5) is 0 Å². The Balaban J connectivity index is 2.65. The number of nitrogens with one attached hydrogen (secondary N) is 1. The number of rotatable bonds is 7. The lowest BCUT2D eigenvalue weighted by Gasteiger charge is -2.21. The van der Waals surface area contributed by atoms with Gasteiger partial charge in [0.05, 0.1) is 12.0 Å². The van der Waals surface area contributed by atoms with Crippen molar-refractivity contribution in [3.63, 3.8) is 0 Å². The van der Waals surface area contributed by atoms with Crippen LogP contribution in [0.1, 0.15) is 31.9 Å². The summed E-state index contributed by atoms with van der Waals surface area (Å²) in [7, 11) is 0. The Morgan fingerprint density at radius 3 is 2.53 bits per heavy atom. The van der Waals surface area contributed by atoms with E-state index in [4.69, 9.17) is 10.5 Å². The highest BCUT2D eigenvalue weighted by Gasteiger charge is 2.25. The van der Waals surface area contributed by atoms with Gasteiger partial charge in [0.15, 0.2) is 0 Å². The smallest absolute Gasteiger partial charge is 0.227 e. The zero-order valence-electron chi connectivity index (χ0n) is 12.0. The number of hydrogen-bond acceptors (Lipinski definition) is 3. The van der Waals surface area contributed by atoms with Crippen LogP contribution in [0.3, 0.4) is 0 Å². The monoisotopic (exact) mass is 264 g/mol. The Bertz CT molecular complexity index is 416. The first kappa shape index (κ1) is 15.7. The van der Waals surface area contributed by atoms with Gasteiger partial charge < -0.3 is 15.8 Å². The molecule has 1 amide bonds. The maximum absolute atomic E-state index is 12.0. The molecule has 1 aromatic carbocycles. The van der Waals surface area contributed by atoms with Gasteiger partial charge in [-0.2, -0.15) is 0 Å². The molecule has 0 atom stereocenters. The summed E-state index contributed by atoms with van der Waals surface area (Å²) in [4.78, 5) is 12.0. The first-order valence-corrected chi connectivity index (χ1v) is 6.64. The number of carbonyl (C=O) groups excluding carboxylic acids is 1. The highest BCUT2D eigenvalue weighted by molar-refractivity contribution is 5.82. The molecule has 4 heteroatoms. The van der Waals surface area contributed by atoms with Crippen LogP contribution in [0.5, 0.6) is 0 Å². The molecule has 1 rings (SSSR count). The standard InChI is InChI=1S/C15H24N2O2/c1-4-19-10-13-8-6-5-7-12(13)9-17-14(18)15(2,3)11-16/h5-8H,4,9-11,16H2,1-3H3,(H,17,18). The van der Waals surface area contributed by atoms with E-state index in [0.29, 0.717) is 26.3 Å². The minimum Gasteiger partial charge on any atom is -0.377 e. The van der Waals surface area contributed by atoms with Crippen LogP contribution in [-0.2, 0) is 22.7 Å². The molecule has 0 aliphatic carbocycles. The lowest BCUT2D eigenvalue weighted by atomic mass is 9.92.